The molecule has 0 radical (unpaired) electrons. The molecule has 1 aliphatic carbocycles. The van der Waals surface area contributed by atoms with Gasteiger partial charge >= 0.3 is 17.8 Å². The minimum atomic E-state index is -0.664. The summed E-state index contributed by atoms with van der Waals surface area (Å²) in [6, 6.07) is 1.82. The number of carbonyl (C=O) groups is 3. The van der Waals surface area contributed by atoms with Crippen LogP contribution in [0.3, 0.4) is 0 Å². The van der Waals surface area contributed by atoms with Gasteiger partial charge in [0.25, 0.3) is 0 Å². The SMILES string of the molecule is CC[C@@H]1c2ccsc2CCN1CN1C(=O)C(=O)N(C2CCCC2)C1=O. The highest BCUT2D eigenvalue weighted by molar-refractivity contribution is 7.10. The second-order valence-corrected chi connectivity index (χ2v) is 8.06. The van der Waals surface area contributed by atoms with Crippen LogP contribution in [0.25, 0.3) is 0 Å². The molecule has 1 aromatic heterocycles. The molecule has 3 aliphatic rings. The van der Waals surface area contributed by atoms with Gasteiger partial charge in [0, 0.05) is 23.5 Å². The van der Waals surface area contributed by atoms with Gasteiger partial charge in [-0.05, 0) is 42.7 Å². The van der Waals surface area contributed by atoms with Crippen LogP contribution in [0.15, 0.2) is 11.4 Å². The van der Waals surface area contributed by atoms with Gasteiger partial charge < -0.3 is 0 Å². The number of hydrogen-bond donors (Lipinski definition) is 0. The standard InChI is InChI=1S/C18H23N3O3S/c1-2-14-13-8-10-25-15(13)7-9-19(14)11-20-16(22)17(23)21(18(20)24)12-5-3-4-6-12/h8,10,12,14H,2-7,9,11H2,1H3/t14-/m1/s1. The van der Waals surface area contributed by atoms with Gasteiger partial charge in [0.1, 0.15) is 0 Å². The van der Waals surface area contributed by atoms with E-state index >= 15 is 0 Å². The second-order valence-electron chi connectivity index (χ2n) is 7.06. The average molecular weight is 361 g/mol. The first kappa shape index (κ1) is 16.7. The topological polar surface area (TPSA) is 60.9 Å². The summed E-state index contributed by atoms with van der Waals surface area (Å²) in [5.41, 5.74) is 1.30. The maximum Gasteiger partial charge on any atom is 0.335 e. The zero-order valence-electron chi connectivity index (χ0n) is 14.4. The molecule has 1 saturated heterocycles. The Balaban J connectivity index is 1.53. The lowest BCUT2D eigenvalue weighted by molar-refractivity contribution is -0.144. The summed E-state index contributed by atoms with van der Waals surface area (Å²) >= 11 is 1.77. The van der Waals surface area contributed by atoms with E-state index in [-0.39, 0.29) is 18.8 Å². The van der Waals surface area contributed by atoms with E-state index < -0.39 is 17.8 Å². The van der Waals surface area contributed by atoms with Crippen LogP contribution >= 0.6 is 11.3 Å². The van der Waals surface area contributed by atoms with Gasteiger partial charge in [-0.25, -0.2) is 9.69 Å². The molecule has 2 aliphatic heterocycles. The Bertz CT molecular complexity index is 710. The third-order valence-electron chi connectivity index (χ3n) is 5.69. The van der Waals surface area contributed by atoms with Crippen molar-refractivity contribution < 1.29 is 14.4 Å². The molecule has 1 atom stereocenters. The highest BCUT2D eigenvalue weighted by Gasteiger charge is 2.49. The van der Waals surface area contributed by atoms with Gasteiger partial charge in [-0.2, -0.15) is 0 Å². The zero-order valence-corrected chi connectivity index (χ0v) is 15.3. The largest absolute Gasteiger partial charge is 0.335 e. The number of fused-ring (bicyclic) bond motifs is 1. The first-order valence-electron chi connectivity index (χ1n) is 9.11. The third kappa shape index (κ3) is 2.69. The van der Waals surface area contributed by atoms with Crippen molar-refractivity contribution in [2.75, 3.05) is 13.2 Å². The molecule has 1 saturated carbocycles. The van der Waals surface area contributed by atoms with Crippen LogP contribution in [0.5, 0.6) is 0 Å². The molecule has 2 fully saturated rings. The number of nitrogens with zero attached hydrogens (tertiary/aromatic N) is 3. The summed E-state index contributed by atoms with van der Waals surface area (Å²) in [7, 11) is 0. The Morgan fingerprint density at radius 1 is 1.16 bits per heavy atom. The quantitative estimate of drug-likeness (QED) is 0.611. The lowest BCUT2D eigenvalue weighted by Gasteiger charge is -2.37. The molecule has 4 amide bonds. The predicted octanol–water partition coefficient (Wildman–Crippen LogP) is 2.75. The fraction of sp³-hybridized carbons (Fsp3) is 0.611. The van der Waals surface area contributed by atoms with Gasteiger partial charge in [-0.3, -0.25) is 19.4 Å². The van der Waals surface area contributed by atoms with Crippen molar-refractivity contribution >= 4 is 29.2 Å². The van der Waals surface area contributed by atoms with Crippen LogP contribution in [-0.2, 0) is 16.0 Å². The molecule has 25 heavy (non-hydrogen) atoms. The summed E-state index contributed by atoms with van der Waals surface area (Å²) in [6.07, 6.45) is 5.51. The Morgan fingerprint density at radius 3 is 2.64 bits per heavy atom. The third-order valence-corrected chi connectivity index (χ3v) is 6.69. The number of urea groups is 1. The maximum atomic E-state index is 12.8. The maximum absolute atomic E-state index is 12.8. The first-order valence-corrected chi connectivity index (χ1v) is 9.99. The van der Waals surface area contributed by atoms with Crippen molar-refractivity contribution in [2.24, 2.45) is 0 Å². The highest BCUT2D eigenvalue weighted by atomic mass is 32.1. The van der Waals surface area contributed by atoms with Gasteiger partial charge in [0.05, 0.1) is 6.67 Å². The minimum Gasteiger partial charge on any atom is -0.278 e. The Morgan fingerprint density at radius 2 is 1.92 bits per heavy atom. The molecule has 0 N–H and O–H groups in total. The van der Waals surface area contributed by atoms with E-state index in [1.807, 2.05) is 0 Å². The molecule has 0 aromatic carbocycles. The molecule has 134 valence electrons. The fourth-order valence-corrected chi connectivity index (χ4v) is 5.34. The lowest BCUT2D eigenvalue weighted by atomic mass is 9.98. The number of imide groups is 2. The van der Waals surface area contributed by atoms with Crippen LogP contribution in [0.2, 0.25) is 0 Å². The van der Waals surface area contributed by atoms with E-state index in [9.17, 15) is 14.4 Å². The van der Waals surface area contributed by atoms with Gasteiger partial charge in [-0.1, -0.05) is 19.8 Å². The highest BCUT2D eigenvalue weighted by Crippen LogP contribution is 2.36. The smallest absolute Gasteiger partial charge is 0.278 e. The molecule has 4 rings (SSSR count). The second kappa shape index (κ2) is 6.53. The molecule has 3 heterocycles. The van der Waals surface area contributed by atoms with Crippen LogP contribution < -0.4 is 0 Å². The summed E-state index contributed by atoms with van der Waals surface area (Å²) < 4.78 is 0. The summed E-state index contributed by atoms with van der Waals surface area (Å²) in [6.45, 7) is 3.13. The number of hydrogen-bond acceptors (Lipinski definition) is 5. The van der Waals surface area contributed by atoms with Crippen LogP contribution in [0.1, 0.15) is 55.5 Å². The summed E-state index contributed by atoms with van der Waals surface area (Å²) in [5, 5.41) is 2.11. The number of carbonyl (C=O) groups excluding carboxylic acids is 3. The summed E-state index contributed by atoms with van der Waals surface area (Å²) in [4.78, 5) is 43.5. The summed E-state index contributed by atoms with van der Waals surface area (Å²) in [5.74, 6) is -1.30. The van der Waals surface area contributed by atoms with E-state index in [2.05, 4.69) is 23.3 Å². The Labute approximate surface area is 151 Å². The Hall–Kier alpha value is -1.73. The average Bonchev–Trinajstić information content (AvgIpc) is 3.33. The number of thiophene rings is 1. The molecule has 0 unspecified atom stereocenters. The van der Waals surface area contributed by atoms with E-state index in [0.717, 1.165) is 50.0 Å². The van der Waals surface area contributed by atoms with Crippen LogP contribution in [-0.4, -0.2) is 51.8 Å². The van der Waals surface area contributed by atoms with Crippen LogP contribution in [0, 0.1) is 0 Å². The predicted molar refractivity (Wildman–Crippen MR) is 94.0 cm³/mol. The normalized spacial score (nSPS) is 25.3. The van der Waals surface area contributed by atoms with Crippen molar-refractivity contribution in [3.63, 3.8) is 0 Å². The van der Waals surface area contributed by atoms with E-state index in [4.69, 9.17) is 0 Å². The van der Waals surface area contributed by atoms with Crippen molar-refractivity contribution in [1.29, 1.82) is 0 Å². The van der Waals surface area contributed by atoms with Gasteiger partial charge in [0.15, 0.2) is 0 Å². The van der Waals surface area contributed by atoms with Crippen molar-refractivity contribution in [1.82, 2.24) is 14.7 Å². The van der Waals surface area contributed by atoms with Crippen molar-refractivity contribution in [3.05, 3.63) is 21.9 Å². The van der Waals surface area contributed by atoms with Crippen LogP contribution in [0.4, 0.5) is 4.79 Å². The minimum absolute atomic E-state index is 0.0965. The molecule has 0 bridgehead atoms. The molecular formula is C18H23N3O3S. The Kier molecular flexibility index (Phi) is 4.37. The monoisotopic (exact) mass is 361 g/mol. The lowest BCUT2D eigenvalue weighted by Crippen LogP contribution is -2.46. The zero-order chi connectivity index (χ0) is 17.6. The van der Waals surface area contributed by atoms with E-state index in [0.29, 0.717) is 0 Å². The molecule has 1 aromatic rings. The van der Waals surface area contributed by atoms with Gasteiger partial charge in [0.2, 0.25) is 0 Å². The van der Waals surface area contributed by atoms with Crippen molar-refractivity contribution in [3.8, 4) is 0 Å². The van der Waals surface area contributed by atoms with E-state index in [1.54, 1.807) is 11.3 Å². The molecule has 0 spiro atoms. The number of rotatable bonds is 4. The van der Waals surface area contributed by atoms with Crippen molar-refractivity contribution in [2.45, 2.75) is 57.5 Å². The first-order chi connectivity index (χ1) is 12.1. The number of amides is 4. The molecule has 6 nitrogen and oxygen atoms in total. The molecular weight excluding hydrogens is 338 g/mol. The van der Waals surface area contributed by atoms with E-state index in [1.165, 1.54) is 15.3 Å². The fourth-order valence-electron chi connectivity index (χ4n) is 4.41. The molecule has 7 heteroatoms. The van der Waals surface area contributed by atoms with Gasteiger partial charge in [-0.15, -0.1) is 11.3 Å².